The summed E-state index contributed by atoms with van der Waals surface area (Å²) in [5, 5.41) is 9.25. The van der Waals surface area contributed by atoms with Crippen molar-refractivity contribution >= 4 is 5.97 Å². The highest BCUT2D eigenvalue weighted by Gasteiger charge is 2.70. The molecule has 0 heterocycles. The molecule has 1 N–H and O–H groups in total. The predicted octanol–water partition coefficient (Wildman–Crippen LogP) is 4.40. The molecule has 0 aromatic carbocycles. The van der Waals surface area contributed by atoms with Crippen LogP contribution in [-0.4, -0.2) is 35.6 Å². The molecular formula is C17H22F6O3. The standard InChI is InChI=1S/C17H22F6O3/c1-9(2)14(24)26-8-13-7-11-6-12(13)5-10(11)3-4-15(25,16(18,19)20)17(21,22)23/h10-13,25H,1,3-8H2,2H3. The van der Waals surface area contributed by atoms with E-state index in [-0.39, 0.29) is 42.3 Å². The van der Waals surface area contributed by atoms with E-state index in [0.29, 0.717) is 19.3 Å². The normalized spacial score (nSPS) is 29.1. The Labute approximate surface area is 147 Å². The number of fused-ring (bicyclic) bond motifs is 2. The van der Waals surface area contributed by atoms with Crippen LogP contribution in [0, 0.1) is 23.7 Å². The number of aliphatic hydroxyl groups is 1. The lowest BCUT2D eigenvalue weighted by Gasteiger charge is -2.34. The van der Waals surface area contributed by atoms with E-state index in [0.717, 1.165) is 0 Å². The number of hydrogen-bond donors (Lipinski definition) is 1. The van der Waals surface area contributed by atoms with Crippen molar-refractivity contribution in [2.75, 3.05) is 6.61 Å². The Morgan fingerprint density at radius 2 is 1.54 bits per heavy atom. The van der Waals surface area contributed by atoms with Crippen molar-refractivity contribution in [3.05, 3.63) is 12.2 Å². The Hall–Kier alpha value is -1.25. The highest BCUT2D eigenvalue weighted by Crippen LogP contribution is 2.55. The van der Waals surface area contributed by atoms with Crippen LogP contribution in [0.15, 0.2) is 12.2 Å². The van der Waals surface area contributed by atoms with Gasteiger partial charge in [0.05, 0.1) is 6.61 Å². The fourth-order valence-electron chi connectivity index (χ4n) is 4.22. The molecular weight excluding hydrogens is 366 g/mol. The first-order valence-electron chi connectivity index (χ1n) is 8.44. The van der Waals surface area contributed by atoms with Gasteiger partial charge in [0, 0.05) is 5.57 Å². The number of hydrogen-bond acceptors (Lipinski definition) is 3. The summed E-state index contributed by atoms with van der Waals surface area (Å²) in [5.41, 5.74) is -4.40. The van der Waals surface area contributed by atoms with Gasteiger partial charge in [-0.25, -0.2) is 4.79 Å². The monoisotopic (exact) mass is 388 g/mol. The molecule has 2 fully saturated rings. The number of carbonyl (C=O) groups excluding carboxylic acids is 1. The number of rotatable bonds is 6. The maximum absolute atomic E-state index is 12.7. The summed E-state index contributed by atoms with van der Waals surface area (Å²) < 4.78 is 81.5. The third-order valence-electron chi connectivity index (χ3n) is 5.74. The van der Waals surface area contributed by atoms with E-state index < -0.39 is 30.3 Å². The summed E-state index contributed by atoms with van der Waals surface area (Å²) in [6.07, 6.45) is -11.4. The maximum atomic E-state index is 12.7. The second-order valence-electron chi connectivity index (χ2n) is 7.52. The summed E-state index contributed by atoms with van der Waals surface area (Å²) in [5.74, 6) is -0.607. The van der Waals surface area contributed by atoms with Crippen LogP contribution < -0.4 is 0 Å². The van der Waals surface area contributed by atoms with Gasteiger partial charge in [-0.15, -0.1) is 0 Å². The zero-order chi connectivity index (χ0) is 19.9. The first-order chi connectivity index (χ1) is 11.8. The molecule has 2 saturated carbocycles. The molecule has 0 amide bonds. The van der Waals surface area contributed by atoms with Gasteiger partial charge in [-0.3, -0.25) is 0 Å². The van der Waals surface area contributed by atoms with Gasteiger partial charge in [-0.1, -0.05) is 6.58 Å². The molecule has 0 aromatic heterocycles. The van der Waals surface area contributed by atoms with E-state index in [2.05, 4.69) is 6.58 Å². The van der Waals surface area contributed by atoms with Crippen molar-refractivity contribution in [2.24, 2.45) is 23.7 Å². The zero-order valence-corrected chi connectivity index (χ0v) is 14.3. The average Bonchev–Trinajstić information content (AvgIpc) is 3.07. The van der Waals surface area contributed by atoms with Crippen LogP contribution in [-0.2, 0) is 9.53 Å². The number of halogens is 6. The first-order valence-corrected chi connectivity index (χ1v) is 8.44. The second kappa shape index (κ2) is 7.05. The largest absolute Gasteiger partial charge is 0.462 e. The van der Waals surface area contributed by atoms with Crippen molar-refractivity contribution in [1.82, 2.24) is 0 Å². The van der Waals surface area contributed by atoms with Gasteiger partial charge < -0.3 is 9.84 Å². The van der Waals surface area contributed by atoms with Crippen LogP contribution in [0.2, 0.25) is 0 Å². The fourth-order valence-corrected chi connectivity index (χ4v) is 4.22. The van der Waals surface area contributed by atoms with E-state index in [1.165, 1.54) is 6.92 Å². The maximum Gasteiger partial charge on any atom is 0.426 e. The number of carbonyl (C=O) groups is 1. The molecule has 0 radical (unpaired) electrons. The molecule has 150 valence electrons. The third kappa shape index (κ3) is 4.02. The Morgan fingerprint density at radius 3 is 1.96 bits per heavy atom. The Morgan fingerprint density at radius 1 is 1.04 bits per heavy atom. The molecule has 4 unspecified atom stereocenters. The van der Waals surface area contributed by atoms with Crippen molar-refractivity contribution in [3.8, 4) is 0 Å². The van der Waals surface area contributed by atoms with Crippen LogP contribution in [0.3, 0.4) is 0 Å². The molecule has 9 heteroatoms. The van der Waals surface area contributed by atoms with Gasteiger partial charge in [-0.05, 0) is 62.7 Å². The molecule has 4 atom stereocenters. The number of alkyl halides is 6. The van der Waals surface area contributed by atoms with Gasteiger partial charge in [0.1, 0.15) is 0 Å². The molecule has 2 rings (SSSR count). The number of ether oxygens (including phenoxy) is 1. The van der Waals surface area contributed by atoms with Crippen LogP contribution in [0.4, 0.5) is 26.3 Å². The quantitative estimate of drug-likeness (QED) is 0.417. The van der Waals surface area contributed by atoms with Crippen molar-refractivity contribution in [3.63, 3.8) is 0 Å². The summed E-state index contributed by atoms with van der Waals surface area (Å²) in [4.78, 5) is 11.4. The van der Waals surface area contributed by atoms with Crippen LogP contribution >= 0.6 is 0 Å². The molecule has 0 spiro atoms. The highest BCUT2D eigenvalue weighted by atomic mass is 19.4. The Bertz CT molecular complexity index is 540. The third-order valence-corrected chi connectivity index (χ3v) is 5.74. The zero-order valence-electron chi connectivity index (χ0n) is 14.3. The molecule has 0 aliphatic heterocycles. The summed E-state index contributed by atoms with van der Waals surface area (Å²) in [6.45, 7) is 5.17. The Balaban J connectivity index is 1.89. The van der Waals surface area contributed by atoms with E-state index >= 15 is 0 Å². The molecule has 3 nitrogen and oxygen atoms in total. The van der Waals surface area contributed by atoms with E-state index in [4.69, 9.17) is 4.74 Å². The van der Waals surface area contributed by atoms with Crippen LogP contribution in [0.25, 0.3) is 0 Å². The van der Waals surface area contributed by atoms with Gasteiger partial charge >= 0.3 is 18.3 Å². The fraction of sp³-hybridized carbons (Fsp3) is 0.824. The molecule has 0 aromatic rings. The smallest absolute Gasteiger partial charge is 0.426 e. The first kappa shape index (κ1) is 21.1. The summed E-state index contributed by atoms with van der Waals surface area (Å²) in [6, 6.07) is 0. The molecule has 2 bridgehead atoms. The topological polar surface area (TPSA) is 46.5 Å². The predicted molar refractivity (Wildman–Crippen MR) is 79.9 cm³/mol. The SMILES string of the molecule is C=C(C)C(=O)OCC1CC2CC1CC2CCC(O)(C(F)(F)F)C(F)(F)F. The molecule has 26 heavy (non-hydrogen) atoms. The van der Waals surface area contributed by atoms with Crippen molar-refractivity contribution in [2.45, 2.75) is 57.0 Å². The van der Waals surface area contributed by atoms with Crippen LogP contribution in [0.5, 0.6) is 0 Å². The van der Waals surface area contributed by atoms with E-state index in [1.807, 2.05) is 0 Å². The second-order valence-corrected chi connectivity index (χ2v) is 7.52. The number of esters is 1. The van der Waals surface area contributed by atoms with Crippen LogP contribution in [0.1, 0.15) is 39.0 Å². The van der Waals surface area contributed by atoms with Gasteiger partial charge in [0.25, 0.3) is 5.60 Å². The molecule has 0 saturated heterocycles. The lowest BCUT2D eigenvalue weighted by molar-refractivity contribution is -0.370. The summed E-state index contributed by atoms with van der Waals surface area (Å²) >= 11 is 0. The van der Waals surface area contributed by atoms with Crippen molar-refractivity contribution < 1.29 is 41.0 Å². The highest BCUT2D eigenvalue weighted by molar-refractivity contribution is 5.86. The Kier molecular flexibility index (Phi) is 5.71. The molecule has 2 aliphatic carbocycles. The minimum Gasteiger partial charge on any atom is -0.462 e. The van der Waals surface area contributed by atoms with Gasteiger partial charge in [0.15, 0.2) is 0 Å². The van der Waals surface area contributed by atoms with E-state index in [1.54, 1.807) is 0 Å². The average molecular weight is 388 g/mol. The van der Waals surface area contributed by atoms with E-state index in [9.17, 15) is 36.2 Å². The summed E-state index contributed by atoms with van der Waals surface area (Å²) in [7, 11) is 0. The minimum absolute atomic E-state index is 0.000697. The molecule has 2 aliphatic rings. The van der Waals surface area contributed by atoms with Gasteiger partial charge in [0.2, 0.25) is 0 Å². The lowest BCUT2D eigenvalue weighted by atomic mass is 9.78. The lowest BCUT2D eigenvalue weighted by Crippen LogP contribution is -2.57. The van der Waals surface area contributed by atoms with Gasteiger partial charge in [-0.2, -0.15) is 26.3 Å². The minimum atomic E-state index is -5.76. The van der Waals surface area contributed by atoms with Crippen molar-refractivity contribution in [1.29, 1.82) is 0 Å².